The molecule has 7 aromatic rings. The first-order valence-corrected chi connectivity index (χ1v) is 14.5. The Labute approximate surface area is 251 Å². The van der Waals surface area contributed by atoms with Gasteiger partial charge in [0.05, 0.1) is 28.2 Å². The van der Waals surface area contributed by atoms with Crippen LogP contribution in [0.25, 0.3) is 45.0 Å². The Kier molecular flexibility index (Phi) is 6.01. The molecule has 0 bridgehead atoms. The van der Waals surface area contributed by atoms with E-state index in [1.807, 2.05) is 36.4 Å². The summed E-state index contributed by atoms with van der Waals surface area (Å²) in [6.07, 6.45) is 3.61. The summed E-state index contributed by atoms with van der Waals surface area (Å²) in [6.45, 7) is 0. The lowest BCUT2D eigenvalue weighted by molar-refractivity contribution is 0.768. The fraction of sp³-hybridized carbons (Fsp3) is 0.0250. The summed E-state index contributed by atoms with van der Waals surface area (Å²) < 4.78 is 0. The van der Waals surface area contributed by atoms with Gasteiger partial charge < -0.3 is 0 Å². The van der Waals surface area contributed by atoms with Gasteiger partial charge in [-0.05, 0) is 80.9 Å². The van der Waals surface area contributed by atoms with Crippen LogP contribution in [0, 0.1) is 0 Å². The predicted octanol–water partition coefficient (Wildman–Crippen LogP) is 9.24. The summed E-state index contributed by atoms with van der Waals surface area (Å²) in [6, 6.07) is 53.7. The molecule has 3 nitrogen and oxygen atoms in total. The maximum absolute atomic E-state index is 4.96. The van der Waals surface area contributed by atoms with Gasteiger partial charge in [-0.2, -0.15) is 0 Å². The normalized spacial score (nSPS) is 12.8. The second-order valence-electron chi connectivity index (χ2n) is 10.8. The van der Waals surface area contributed by atoms with Gasteiger partial charge in [0.1, 0.15) is 0 Å². The number of nitrogens with zero attached hydrogens (tertiary/aromatic N) is 3. The smallest absolute Gasteiger partial charge is 0.0900 e. The zero-order chi connectivity index (χ0) is 28.6. The Bertz CT molecular complexity index is 1950. The van der Waals surface area contributed by atoms with Crippen LogP contribution in [-0.4, -0.2) is 15.0 Å². The van der Waals surface area contributed by atoms with Gasteiger partial charge in [-0.25, -0.2) is 4.98 Å². The number of benzene rings is 4. The summed E-state index contributed by atoms with van der Waals surface area (Å²) in [5.41, 5.74) is 12.8. The maximum Gasteiger partial charge on any atom is 0.0900 e. The number of fused-ring (bicyclic) bond motifs is 3. The molecule has 1 aliphatic rings. The molecular weight excluding hydrogens is 522 g/mol. The van der Waals surface area contributed by atoms with Crippen LogP contribution >= 0.6 is 0 Å². The number of hydrogen-bond donors (Lipinski definition) is 0. The Morgan fingerprint density at radius 3 is 1.40 bits per heavy atom. The van der Waals surface area contributed by atoms with Crippen LogP contribution in [0.3, 0.4) is 0 Å². The van der Waals surface area contributed by atoms with E-state index in [0.29, 0.717) is 0 Å². The molecule has 0 atom stereocenters. The van der Waals surface area contributed by atoms with Gasteiger partial charge in [0.25, 0.3) is 0 Å². The van der Waals surface area contributed by atoms with Gasteiger partial charge in [0.15, 0.2) is 0 Å². The Balaban J connectivity index is 1.31. The van der Waals surface area contributed by atoms with E-state index in [1.54, 1.807) is 12.4 Å². The van der Waals surface area contributed by atoms with Crippen molar-refractivity contribution in [3.63, 3.8) is 0 Å². The summed E-state index contributed by atoms with van der Waals surface area (Å²) in [5.74, 6) is 0. The minimum absolute atomic E-state index is 0.413. The van der Waals surface area contributed by atoms with E-state index in [-0.39, 0.29) is 0 Å². The quantitative estimate of drug-likeness (QED) is 0.215. The standard InChI is InChI=1S/C40H27N3/c1-2-12-30(13-3-1)40(34-16-6-4-14-32(34)33-15-5-7-17-35(33)40)31-22-20-28(21-23-31)29-26-38(36-18-8-10-24-41-36)43-39(27-29)37-19-9-11-25-42-37/h1-27H. The van der Waals surface area contributed by atoms with E-state index < -0.39 is 5.41 Å². The lowest BCUT2D eigenvalue weighted by Crippen LogP contribution is -2.28. The molecule has 0 N–H and O–H groups in total. The highest BCUT2D eigenvalue weighted by atomic mass is 14.8. The topological polar surface area (TPSA) is 38.7 Å². The van der Waals surface area contributed by atoms with Gasteiger partial charge in [-0.15, -0.1) is 0 Å². The van der Waals surface area contributed by atoms with Crippen molar-refractivity contribution in [3.8, 4) is 45.0 Å². The van der Waals surface area contributed by atoms with Gasteiger partial charge in [-0.1, -0.05) is 115 Å². The number of aromatic nitrogens is 3. The summed E-state index contributed by atoms with van der Waals surface area (Å²) >= 11 is 0. The van der Waals surface area contributed by atoms with Gasteiger partial charge in [0, 0.05) is 12.4 Å². The number of hydrogen-bond acceptors (Lipinski definition) is 3. The summed E-state index contributed by atoms with van der Waals surface area (Å²) in [5, 5.41) is 0. The van der Waals surface area contributed by atoms with Crippen molar-refractivity contribution in [2.45, 2.75) is 5.41 Å². The van der Waals surface area contributed by atoms with Crippen molar-refractivity contribution >= 4 is 0 Å². The molecule has 3 heteroatoms. The lowest BCUT2D eigenvalue weighted by atomic mass is 9.67. The van der Waals surface area contributed by atoms with E-state index in [2.05, 4.69) is 125 Å². The van der Waals surface area contributed by atoms with Crippen molar-refractivity contribution in [2.24, 2.45) is 0 Å². The molecule has 3 aromatic heterocycles. The molecule has 0 spiro atoms. The van der Waals surface area contributed by atoms with Crippen LogP contribution in [0.2, 0.25) is 0 Å². The number of pyridine rings is 3. The Hall–Kier alpha value is -5.67. The maximum atomic E-state index is 4.96. The molecule has 1 aliphatic carbocycles. The molecule has 0 aliphatic heterocycles. The highest BCUT2D eigenvalue weighted by Gasteiger charge is 2.45. The molecule has 3 heterocycles. The first kappa shape index (κ1) is 25.1. The summed E-state index contributed by atoms with van der Waals surface area (Å²) in [4.78, 5) is 14.1. The molecule has 8 rings (SSSR count). The molecule has 202 valence electrons. The van der Waals surface area contributed by atoms with Crippen molar-refractivity contribution in [2.75, 3.05) is 0 Å². The van der Waals surface area contributed by atoms with Crippen molar-refractivity contribution in [1.29, 1.82) is 0 Å². The summed E-state index contributed by atoms with van der Waals surface area (Å²) in [7, 11) is 0. The fourth-order valence-corrected chi connectivity index (χ4v) is 6.61. The van der Waals surface area contributed by atoms with E-state index in [1.165, 1.54) is 33.4 Å². The minimum atomic E-state index is -0.413. The van der Waals surface area contributed by atoms with Crippen molar-refractivity contribution < 1.29 is 0 Å². The number of rotatable bonds is 5. The third-order valence-electron chi connectivity index (χ3n) is 8.49. The second-order valence-corrected chi connectivity index (χ2v) is 10.8. The monoisotopic (exact) mass is 549 g/mol. The Morgan fingerprint density at radius 1 is 0.372 bits per heavy atom. The molecule has 0 saturated carbocycles. The SMILES string of the molecule is c1ccc(C2(c3ccc(-c4cc(-c5ccccn5)nc(-c5ccccn5)c4)cc3)c3ccccc3-c3ccccc32)cc1. The average molecular weight is 550 g/mol. The van der Waals surface area contributed by atoms with E-state index in [4.69, 9.17) is 4.98 Å². The first-order chi connectivity index (χ1) is 21.3. The Morgan fingerprint density at radius 2 is 0.860 bits per heavy atom. The molecule has 0 radical (unpaired) electrons. The van der Waals surface area contributed by atoms with Crippen LogP contribution in [0.5, 0.6) is 0 Å². The van der Waals surface area contributed by atoms with Crippen LogP contribution < -0.4 is 0 Å². The fourth-order valence-electron chi connectivity index (χ4n) is 6.61. The molecule has 0 saturated heterocycles. The first-order valence-electron chi connectivity index (χ1n) is 14.5. The zero-order valence-corrected chi connectivity index (χ0v) is 23.4. The van der Waals surface area contributed by atoms with E-state index in [9.17, 15) is 0 Å². The van der Waals surface area contributed by atoms with Crippen molar-refractivity contribution in [3.05, 3.63) is 186 Å². The molecular formula is C40H27N3. The molecule has 0 unspecified atom stereocenters. The average Bonchev–Trinajstić information content (AvgIpc) is 3.40. The molecule has 4 aromatic carbocycles. The molecule has 43 heavy (non-hydrogen) atoms. The van der Waals surface area contributed by atoms with Crippen molar-refractivity contribution in [1.82, 2.24) is 15.0 Å². The lowest BCUT2D eigenvalue weighted by Gasteiger charge is -2.34. The predicted molar refractivity (Wildman–Crippen MR) is 173 cm³/mol. The van der Waals surface area contributed by atoms with Crippen LogP contribution in [0.1, 0.15) is 22.3 Å². The van der Waals surface area contributed by atoms with E-state index in [0.717, 1.165) is 33.9 Å². The van der Waals surface area contributed by atoms with Gasteiger partial charge >= 0.3 is 0 Å². The minimum Gasteiger partial charge on any atom is -0.255 e. The van der Waals surface area contributed by atoms with Crippen LogP contribution in [-0.2, 0) is 5.41 Å². The van der Waals surface area contributed by atoms with Gasteiger partial charge in [-0.3, -0.25) is 9.97 Å². The molecule has 0 amide bonds. The van der Waals surface area contributed by atoms with Crippen LogP contribution in [0.15, 0.2) is 164 Å². The third-order valence-corrected chi connectivity index (χ3v) is 8.49. The zero-order valence-electron chi connectivity index (χ0n) is 23.4. The van der Waals surface area contributed by atoms with Crippen LogP contribution in [0.4, 0.5) is 0 Å². The molecule has 0 fully saturated rings. The highest BCUT2D eigenvalue weighted by Crippen LogP contribution is 2.56. The van der Waals surface area contributed by atoms with Gasteiger partial charge in [0.2, 0.25) is 0 Å². The van der Waals surface area contributed by atoms with E-state index >= 15 is 0 Å². The largest absolute Gasteiger partial charge is 0.255 e. The highest BCUT2D eigenvalue weighted by molar-refractivity contribution is 5.86. The second kappa shape index (κ2) is 10.3. The third kappa shape index (κ3) is 4.09.